The van der Waals surface area contributed by atoms with Crippen LogP contribution in [0.25, 0.3) is 34.0 Å². The first-order chi connectivity index (χ1) is 36.1. The summed E-state index contributed by atoms with van der Waals surface area (Å²) < 4.78 is 36.6. The van der Waals surface area contributed by atoms with Gasteiger partial charge in [-0.05, 0) is 157 Å². The van der Waals surface area contributed by atoms with E-state index in [-0.39, 0.29) is 47.7 Å². The zero-order chi connectivity index (χ0) is 53.5. The summed E-state index contributed by atoms with van der Waals surface area (Å²) in [6.45, 7) is 3.52. The Morgan fingerprint density at radius 3 is 1.21 bits per heavy atom. The van der Waals surface area contributed by atoms with Gasteiger partial charge in [0.1, 0.15) is 11.5 Å². The number of ketones is 2. The number of aromatic nitrogens is 2. The second-order valence-electron chi connectivity index (χ2n) is 17.1. The maximum Gasteiger partial charge on any atom is 0.315 e. The van der Waals surface area contributed by atoms with Crippen LogP contribution >= 0.6 is 23.2 Å². The number of hydrogen-bond acceptors (Lipinski definition) is 12. The molecule has 0 aliphatic rings. The molecule has 0 saturated carbocycles. The quantitative estimate of drug-likeness (QED) is 0.0346. The van der Waals surface area contributed by atoms with E-state index in [1.54, 1.807) is 132 Å². The molecule has 0 aliphatic heterocycles. The summed E-state index contributed by atoms with van der Waals surface area (Å²) in [6, 6.07) is 33.1. The summed E-state index contributed by atoms with van der Waals surface area (Å²) in [5.74, 6) is -0.967. The van der Waals surface area contributed by atoms with Crippen molar-refractivity contribution in [3.8, 4) is 34.5 Å². The number of esters is 2. The summed E-state index contributed by atoms with van der Waals surface area (Å²) in [6.07, 6.45) is 4.77. The molecule has 380 valence electrons. The van der Waals surface area contributed by atoms with E-state index in [2.05, 4.69) is 0 Å². The molecule has 2 aromatic heterocycles. The van der Waals surface area contributed by atoms with Crippen molar-refractivity contribution in [1.29, 1.82) is 0 Å². The number of methoxy groups -OCH3 is 4. The lowest BCUT2D eigenvalue weighted by molar-refractivity contribution is -0.134. The highest BCUT2D eigenvalue weighted by Gasteiger charge is 2.26. The molecular weight excluding hydrogens is 1000 g/mol. The number of carbonyl (C=O) groups excluding carboxylic acids is 6. The molecule has 0 saturated heterocycles. The van der Waals surface area contributed by atoms with Crippen molar-refractivity contribution in [2.24, 2.45) is 0 Å². The van der Waals surface area contributed by atoms with Gasteiger partial charge >= 0.3 is 11.9 Å². The molecule has 0 bridgehead atoms. The SMILES string of the molecule is COc1ccc2c(c1)c(CC(=O)Oc1ccc(/C=C/C(=O)CC(=O)/C=C/c3ccc(OC(=O)Cc4c(C)n(C(=O)c5ccc(Cl)cc5)c5ccc(OC)cc45)c(OC)c3)cc1OC)c(C)n2C(=O)c1ccc(Cl)cc1. The molecule has 14 nitrogen and oxygen atoms in total. The second kappa shape index (κ2) is 23.0. The Morgan fingerprint density at radius 2 is 0.853 bits per heavy atom. The van der Waals surface area contributed by atoms with Crippen molar-refractivity contribution in [2.75, 3.05) is 28.4 Å². The van der Waals surface area contributed by atoms with Crippen LogP contribution in [0.5, 0.6) is 34.5 Å². The van der Waals surface area contributed by atoms with Crippen molar-refractivity contribution in [2.45, 2.75) is 33.1 Å². The predicted molar refractivity (Wildman–Crippen MR) is 286 cm³/mol. The lowest BCUT2D eigenvalue weighted by Crippen LogP contribution is -2.15. The first-order valence-corrected chi connectivity index (χ1v) is 24.0. The van der Waals surface area contributed by atoms with Crippen molar-refractivity contribution in [1.82, 2.24) is 9.13 Å². The minimum atomic E-state index is -0.615. The first-order valence-electron chi connectivity index (χ1n) is 23.2. The third-order valence-electron chi connectivity index (χ3n) is 12.4. The molecule has 2 heterocycles. The number of fused-ring (bicyclic) bond motifs is 2. The van der Waals surface area contributed by atoms with E-state index in [9.17, 15) is 28.8 Å². The Morgan fingerprint density at radius 1 is 0.467 bits per heavy atom. The Kier molecular flexibility index (Phi) is 16.1. The normalized spacial score (nSPS) is 11.3. The van der Waals surface area contributed by atoms with Crippen molar-refractivity contribution in [3.05, 3.63) is 188 Å². The predicted octanol–water partition coefficient (Wildman–Crippen LogP) is 11.5. The fourth-order valence-electron chi connectivity index (χ4n) is 8.61. The van der Waals surface area contributed by atoms with Gasteiger partial charge in [0, 0.05) is 43.3 Å². The average Bonchev–Trinajstić information content (AvgIpc) is 3.85. The van der Waals surface area contributed by atoms with Gasteiger partial charge in [0.2, 0.25) is 0 Å². The highest BCUT2D eigenvalue weighted by Crippen LogP contribution is 2.35. The van der Waals surface area contributed by atoms with Gasteiger partial charge in [0.15, 0.2) is 34.6 Å². The van der Waals surface area contributed by atoms with Gasteiger partial charge in [-0.1, -0.05) is 47.5 Å². The molecule has 6 aromatic carbocycles. The van der Waals surface area contributed by atoms with Gasteiger partial charge < -0.3 is 28.4 Å². The number of allylic oxidation sites excluding steroid dienone is 2. The van der Waals surface area contributed by atoms with E-state index < -0.39 is 29.9 Å². The minimum Gasteiger partial charge on any atom is -0.497 e. The minimum absolute atomic E-state index is 0.131. The smallest absolute Gasteiger partial charge is 0.315 e. The van der Waals surface area contributed by atoms with E-state index in [0.717, 1.165) is 0 Å². The van der Waals surface area contributed by atoms with Crippen LogP contribution in [0.15, 0.2) is 133 Å². The van der Waals surface area contributed by atoms with Crippen LogP contribution < -0.4 is 28.4 Å². The monoisotopic (exact) mass is 1050 g/mol. The van der Waals surface area contributed by atoms with E-state index in [1.165, 1.54) is 64.9 Å². The summed E-state index contributed by atoms with van der Waals surface area (Å²) in [7, 11) is 5.88. The van der Waals surface area contributed by atoms with E-state index in [0.29, 0.717) is 88.1 Å². The van der Waals surface area contributed by atoms with Gasteiger partial charge in [0.05, 0.1) is 58.7 Å². The van der Waals surface area contributed by atoms with Gasteiger partial charge in [-0.3, -0.25) is 37.9 Å². The fraction of sp³-hybridized carbons (Fsp3) is 0.153. The Hall–Kier alpha value is -8.72. The molecule has 0 unspecified atom stereocenters. The lowest BCUT2D eigenvalue weighted by Gasteiger charge is -2.11. The topological polar surface area (TPSA) is 168 Å². The highest BCUT2D eigenvalue weighted by atomic mass is 35.5. The molecule has 0 amide bonds. The maximum atomic E-state index is 13.7. The van der Waals surface area contributed by atoms with Gasteiger partial charge in [-0.25, -0.2) is 0 Å². The number of benzene rings is 6. The van der Waals surface area contributed by atoms with Crippen LogP contribution in [0, 0.1) is 13.8 Å². The molecule has 0 fully saturated rings. The number of hydrogen-bond donors (Lipinski definition) is 0. The van der Waals surface area contributed by atoms with E-state index >= 15 is 0 Å². The molecule has 8 aromatic rings. The molecule has 8 rings (SSSR count). The molecule has 75 heavy (non-hydrogen) atoms. The lowest BCUT2D eigenvalue weighted by atomic mass is 10.1. The number of halogens is 2. The van der Waals surface area contributed by atoms with Crippen LogP contribution in [0.1, 0.15) is 60.8 Å². The summed E-state index contributed by atoms with van der Waals surface area (Å²) in [5, 5.41) is 2.28. The standard InChI is InChI=1S/C59H48Cl2N2O12/c1-34-46(48-30-44(70-3)21-23-50(48)62(34)58(68)38-11-15-40(60)16-12-38)32-56(66)74-52-25-9-36(27-54(52)72-5)7-19-42(64)29-43(65)20-8-37-10-26-53(55(28-37)73-6)75-57(67)33-47-35(2)63(51-24-22-45(71-4)31-49(47)51)59(69)39-13-17-41(61)18-14-39/h7-28,30-31H,29,32-33H2,1-6H3/b19-7+,20-8+. The molecule has 0 radical (unpaired) electrons. The average molecular weight is 1050 g/mol. The Balaban J connectivity index is 0.884. The number of carbonyl (C=O) groups is 6. The summed E-state index contributed by atoms with van der Waals surface area (Å²) in [4.78, 5) is 80.4. The summed E-state index contributed by atoms with van der Waals surface area (Å²) >= 11 is 12.1. The van der Waals surface area contributed by atoms with Crippen molar-refractivity contribution < 1.29 is 57.2 Å². The van der Waals surface area contributed by atoms with Crippen LogP contribution in [-0.2, 0) is 32.0 Å². The highest BCUT2D eigenvalue weighted by molar-refractivity contribution is 6.31. The zero-order valence-electron chi connectivity index (χ0n) is 41.5. The number of nitrogens with zero attached hydrogens (tertiary/aromatic N) is 2. The van der Waals surface area contributed by atoms with Crippen LogP contribution in [-0.4, -0.2) is 72.9 Å². The van der Waals surface area contributed by atoms with Crippen molar-refractivity contribution >= 4 is 92.5 Å². The molecule has 0 atom stereocenters. The van der Waals surface area contributed by atoms with Crippen LogP contribution in [0.3, 0.4) is 0 Å². The van der Waals surface area contributed by atoms with Gasteiger partial charge in [-0.15, -0.1) is 0 Å². The second-order valence-corrected chi connectivity index (χ2v) is 18.0. The maximum absolute atomic E-state index is 13.7. The van der Waals surface area contributed by atoms with Gasteiger partial charge in [-0.2, -0.15) is 0 Å². The number of ether oxygens (including phenoxy) is 6. The molecule has 0 N–H and O–H groups in total. The molecule has 16 heteroatoms. The van der Waals surface area contributed by atoms with Crippen LogP contribution in [0.2, 0.25) is 10.0 Å². The molecular formula is C59H48Cl2N2O12. The molecule has 0 spiro atoms. The fourth-order valence-corrected chi connectivity index (χ4v) is 8.86. The summed E-state index contributed by atoms with van der Waals surface area (Å²) in [5.41, 5.74) is 5.33. The third kappa shape index (κ3) is 11.7. The van der Waals surface area contributed by atoms with E-state index in [1.807, 2.05) is 0 Å². The Bertz CT molecular complexity index is 3390. The number of rotatable bonds is 18. The van der Waals surface area contributed by atoms with E-state index in [4.69, 9.17) is 51.6 Å². The van der Waals surface area contributed by atoms with Crippen LogP contribution in [0.4, 0.5) is 0 Å². The Labute approximate surface area is 441 Å². The molecule has 0 aliphatic carbocycles. The zero-order valence-corrected chi connectivity index (χ0v) is 43.0. The largest absolute Gasteiger partial charge is 0.497 e. The van der Waals surface area contributed by atoms with Gasteiger partial charge in [0.25, 0.3) is 11.8 Å². The first kappa shape index (κ1) is 52.6. The third-order valence-corrected chi connectivity index (χ3v) is 12.9. The van der Waals surface area contributed by atoms with Crippen molar-refractivity contribution in [3.63, 3.8) is 0 Å².